The molecule has 1 aromatic rings. The molecule has 0 aromatic carbocycles. The Balaban J connectivity index is 1.96. The van der Waals surface area contributed by atoms with Gasteiger partial charge in [0.15, 0.2) is 15.8 Å². The number of nitrogens with one attached hydrogen (secondary N) is 2. The molecule has 2 N–H and O–H groups in total. The van der Waals surface area contributed by atoms with Gasteiger partial charge < -0.3 is 15.1 Å². The van der Waals surface area contributed by atoms with E-state index in [4.69, 9.17) is 4.42 Å². The van der Waals surface area contributed by atoms with Crippen LogP contribution in [0.4, 0.5) is 0 Å². The SMILES string of the molecule is CCN(CC)C(CNC(=NC)NC1CCS(=O)(=O)C1)c1ccco1. The van der Waals surface area contributed by atoms with E-state index in [1.807, 2.05) is 12.1 Å². The zero-order chi connectivity index (χ0) is 17.6. The minimum atomic E-state index is -2.91. The molecule has 1 aliphatic heterocycles. The molecule has 1 aliphatic rings. The minimum absolute atomic E-state index is 0.0725. The lowest BCUT2D eigenvalue weighted by Crippen LogP contribution is -2.47. The Kier molecular flexibility index (Phi) is 6.68. The van der Waals surface area contributed by atoms with Gasteiger partial charge in [0, 0.05) is 19.6 Å². The molecule has 0 amide bonds. The fourth-order valence-electron chi connectivity index (χ4n) is 3.05. The van der Waals surface area contributed by atoms with E-state index in [1.165, 1.54) is 0 Å². The topological polar surface area (TPSA) is 86.9 Å². The van der Waals surface area contributed by atoms with Crippen molar-refractivity contribution < 1.29 is 12.8 Å². The molecule has 0 bridgehead atoms. The molecule has 2 atom stereocenters. The summed E-state index contributed by atoms with van der Waals surface area (Å²) in [6, 6.07) is 3.89. The molecular formula is C16H28N4O3S. The van der Waals surface area contributed by atoms with Crippen molar-refractivity contribution in [2.45, 2.75) is 32.4 Å². The normalized spacial score (nSPS) is 21.8. The van der Waals surface area contributed by atoms with Gasteiger partial charge >= 0.3 is 0 Å². The number of furan rings is 1. The Bertz CT molecular complexity index is 624. The maximum absolute atomic E-state index is 11.6. The third kappa shape index (κ3) is 4.98. The second kappa shape index (κ2) is 8.53. The number of guanidine groups is 1. The molecular weight excluding hydrogens is 328 g/mol. The first kappa shape index (κ1) is 18.8. The van der Waals surface area contributed by atoms with Gasteiger partial charge in [-0.15, -0.1) is 0 Å². The average Bonchev–Trinajstić information content (AvgIpc) is 3.19. The Morgan fingerprint density at radius 2 is 2.21 bits per heavy atom. The number of aliphatic imine (C=N–C) groups is 1. The highest BCUT2D eigenvalue weighted by Crippen LogP contribution is 2.20. The van der Waals surface area contributed by atoms with Crippen molar-refractivity contribution >= 4 is 15.8 Å². The predicted octanol–water partition coefficient (Wildman–Crippen LogP) is 1.01. The summed E-state index contributed by atoms with van der Waals surface area (Å²) in [7, 11) is -1.21. The molecule has 0 saturated carbocycles. The van der Waals surface area contributed by atoms with E-state index in [0.29, 0.717) is 18.9 Å². The number of likely N-dealkylation sites (N-methyl/N-ethyl adjacent to an activating group) is 1. The Morgan fingerprint density at radius 3 is 2.71 bits per heavy atom. The summed E-state index contributed by atoms with van der Waals surface area (Å²) in [5, 5.41) is 6.51. The van der Waals surface area contributed by atoms with Gasteiger partial charge in [-0.1, -0.05) is 13.8 Å². The smallest absolute Gasteiger partial charge is 0.191 e. The lowest BCUT2D eigenvalue weighted by Gasteiger charge is -2.29. The standard InChI is InChI=1S/C16H28N4O3S/c1-4-20(5-2)14(15-7-6-9-23-15)11-18-16(17-3)19-13-8-10-24(21,22)12-13/h6-7,9,13-14H,4-5,8,10-12H2,1-3H3,(H2,17,18,19). The Labute approximate surface area is 144 Å². The van der Waals surface area contributed by atoms with Gasteiger partial charge in [0.05, 0.1) is 23.8 Å². The van der Waals surface area contributed by atoms with Crippen LogP contribution < -0.4 is 10.6 Å². The second-order valence-corrected chi connectivity index (χ2v) is 8.18. The number of nitrogens with zero attached hydrogens (tertiary/aromatic N) is 2. The van der Waals surface area contributed by atoms with E-state index >= 15 is 0 Å². The zero-order valence-corrected chi connectivity index (χ0v) is 15.5. The average molecular weight is 356 g/mol. The molecule has 1 saturated heterocycles. The first-order valence-corrected chi connectivity index (χ1v) is 10.3. The van der Waals surface area contributed by atoms with Crippen LogP contribution in [0.5, 0.6) is 0 Å². The van der Waals surface area contributed by atoms with Crippen LogP contribution in [-0.4, -0.2) is 63.5 Å². The van der Waals surface area contributed by atoms with Gasteiger partial charge in [-0.2, -0.15) is 0 Å². The third-order valence-electron chi connectivity index (χ3n) is 4.38. The summed E-state index contributed by atoms with van der Waals surface area (Å²) in [5.74, 6) is 1.95. The van der Waals surface area contributed by atoms with Crippen molar-refractivity contribution in [1.82, 2.24) is 15.5 Å². The maximum Gasteiger partial charge on any atom is 0.191 e. The van der Waals surface area contributed by atoms with E-state index in [-0.39, 0.29) is 23.6 Å². The van der Waals surface area contributed by atoms with Gasteiger partial charge in [-0.3, -0.25) is 9.89 Å². The molecule has 136 valence electrons. The number of hydrogen-bond acceptors (Lipinski definition) is 5. The summed E-state index contributed by atoms with van der Waals surface area (Å²) in [6.07, 6.45) is 2.31. The molecule has 0 radical (unpaired) electrons. The molecule has 1 fully saturated rings. The van der Waals surface area contributed by atoms with E-state index in [9.17, 15) is 8.42 Å². The monoisotopic (exact) mass is 356 g/mol. The highest BCUT2D eigenvalue weighted by Gasteiger charge is 2.28. The first-order chi connectivity index (χ1) is 11.5. The van der Waals surface area contributed by atoms with Crippen LogP contribution in [0, 0.1) is 0 Å². The first-order valence-electron chi connectivity index (χ1n) is 8.44. The third-order valence-corrected chi connectivity index (χ3v) is 6.15. The minimum Gasteiger partial charge on any atom is -0.468 e. The van der Waals surface area contributed by atoms with Crippen molar-refractivity contribution in [2.24, 2.45) is 4.99 Å². The Morgan fingerprint density at radius 1 is 1.46 bits per heavy atom. The van der Waals surface area contributed by atoms with Crippen molar-refractivity contribution in [2.75, 3.05) is 38.2 Å². The summed E-state index contributed by atoms with van der Waals surface area (Å²) < 4.78 is 28.7. The lowest BCUT2D eigenvalue weighted by atomic mass is 10.2. The van der Waals surface area contributed by atoms with Gasteiger partial charge in [0.25, 0.3) is 0 Å². The number of sulfone groups is 1. The lowest BCUT2D eigenvalue weighted by molar-refractivity contribution is 0.193. The van der Waals surface area contributed by atoms with Crippen molar-refractivity contribution in [3.63, 3.8) is 0 Å². The van der Waals surface area contributed by atoms with Crippen LogP contribution in [0.1, 0.15) is 32.1 Å². The quantitative estimate of drug-likeness (QED) is 0.560. The van der Waals surface area contributed by atoms with Crippen LogP contribution in [-0.2, 0) is 9.84 Å². The van der Waals surface area contributed by atoms with Crippen molar-refractivity contribution in [3.8, 4) is 0 Å². The molecule has 2 rings (SSSR count). The van der Waals surface area contributed by atoms with E-state index in [2.05, 4.69) is 34.4 Å². The summed E-state index contributed by atoms with van der Waals surface area (Å²) in [4.78, 5) is 6.52. The summed E-state index contributed by atoms with van der Waals surface area (Å²) in [6.45, 7) is 6.70. The molecule has 7 nitrogen and oxygen atoms in total. The maximum atomic E-state index is 11.6. The molecule has 2 unspecified atom stereocenters. The van der Waals surface area contributed by atoms with Crippen molar-refractivity contribution in [3.05, 3.63) is 24.2 Å². The van der Waals surface area contributed by atoms with E-state index in [0.717, 1.165) is 18.8 Å². The largest absolute Gasteiger partial charge is 0.468 e. The highest BCUT2D eigenvalue weighted by atomic mass is 32.2. The van der Waals surface area contributed by atoms with Crippen LogP contribution in [0.2, 0.25) is 0 Å². The van der Waals surface area contributed by atoms with Gasteiger partial charge in [0.2, 0.25) is 0 Å². The zero-order valence-electron chi connectivity index (χ0n) is 14.7. The summed E-state index contributed by atoms with van der Waals surface area (Å²) >= 11 is 0. The Hall–Kier alpha value is -1.54. The molecule has 1 aromatic heterocycles. The number of rotatable bonds is 7. The van der Waals surface area contributed by atoms with Crippen LogP contribution in [0.3, 0.4) is 0 Å². The van der Waals surface area contributed by atoms with Gasteiger partial charge in [-0.05, 0) is 31.6 Å². The second-order valence-electron chi connectivity index (χ2n) is 5.95. The fourth-order valence-corrected chi connectivity index (χ4v) is 4.72. The molecule has 0 aliphatic carbocycles. The molecule has 0 spiro atoms. The van der Waals surface area contributed by atoms with Crippen LogP contribution >= 0.6 is 0 Å². The van der Waals surface area contributed by atoms with E-state index < -0.39 is 9.84 Å². The van der Waals surface area contributed by atoms with Gasteiger partial charge in [-0.25, -0.2) is 8.42 Å². The summed E-state index contributed by atoms with van der Waals surface area (Å²) in [5.41, 5.74) is 0. The molecule has 8 heteroatoms. The highest BCUT2D eigenvalue weighted by molar-refractivity contribution is 7.91. The molecule has 2 heterocycles. The molecule has 24 heavy (non-hydrogen) atoms. The predicted molar refractivity (Wildman–Crippen MR) is 95.9 cm³/mol. The van der Waals surface area contributed by atoms with Crippen LogP contribution in [0.25, 0.3) is 0 Å². The number of hydrogen-bond donors (Lipinski definition) is 2. The van der Waals surface area contributed by atoms with Crippen LogP contribution in [0.15, 0.2) is 27.8 Å². The van der Waals surface area contributed by atoms with Crippen molar-refractivity contribution in [1.29, 1.82) is 0 Å². The fraction of sp³-hybridized carbons (Fsp3) is 0.688. The van der Waals surface area contributed by atoms with Gasteiger partial charge in [0.1, 0.15) is 5.76 Å². The van der Waals surface area contributed by atoms with E-state index in [1.54, 1.807) is 13.3 Å².